The molecule has 0 unspecified atom stereocenters. The third kappa shape index (κ3) is 3.05. The smallest absolute Gasteiger partial charge is 0.266 e. The van der Waals surface area contributed by atoms with Crippen molar-refractivity contribution in [1.82, 2.24) is 9.97 Å². The van der Waals surface area contributed by atoms with Crippen molar-refractivity contribution < 1.29 is 8.42 Å². The van der Waals surface area contributed by atoms with Gasteiger partial charge in [-0.05, 0) is 32.0 Å². The normalized spacial score (nSPS) is 11.2. The first-order chi connectivity index (χ1) is 9.42. The van der Waals surface area contributed by atoms with Gasteiger partial charge in [0.15, 0.2) is 0 Å². The van der Waals surface area contributed by atoms with E-state index in [4.69, 9.17) is 0 Å². The zero-order valence-corrected chi connectivity index (χ0v) is 12.3. The molecule has 0 spiro atoms. The molecule has 2 N–H and O–H groups in total. The highest BCUT2D eigenvalue weighted by Gasteiger charge is 2.19. The van der Waals surface area contributed by atoms with Crippen LogP contribution in [0.4, 0.5) is 11.6 Å². The van der Waals surface area contributed by atoms with Gasteiger partial charge in [-0.25, -0.2) is 23.1 Å². The van der Waals surface area contributed by atoms with Crippen LogP contribution in [0.2, 0.25) is 0 Å². The molecule has 6 nitrogen and oxygen atoms in total. The Kier molecular flexibility index (Phi) is 3.89. The quantitative estimate of drug-likeness (QED) is 0.899. The minimum atomic E-state index is -3.73. The van der Waals surface area contributed by atoms with E-state index < -0.39 is 10.0 Å². The molecule has 106 valence electrons. The molecule has 0 fully saturated rings. The Morgan fingerprint density at radius 1 is 1.05 bits per heavy atom. The highest BCUT2D eigenvalue weighted by atomic mass is 32.2. The summed E-state index contributed by atoms with van der Waals surface area (Å²) in [5.41, 5.74) is 1.93. The Hall–Kier alpha value is -2.15. The summed E-state index contributed by atoms with van der Waals surface area (Å²) in [5, 5.41) is 2.85. The summed E-state index contributed by atoms with van der Waals surface area (Å²) in [5.74, 6) is 0.0772. The fourth-order valence-electron chi connectivity index (χ4n) is 1.85. The first-order valence-electron chi connectivity index (χ1n) is 6.04. The van der Waals surface area contributed by atoms with Crippen LogP contribution in [-0.4, -0.2) is 25.4 Å². The molecular weight excluding hydrogens is 276 g/mol. The number of aryl methyl sites for hydroxylation is 2. The lowest BCUT2D eigenvalue weighted by Gasteiger charge is -2.11. The summed E-state index contributed by atoms with van der Waals surface area (Å²) >= 11 is 0. The fourth-order valence-corrected chi connectivity index (χ4v) is 3.01. The fraction of sp³-hybridized carbons (Fsp3) is 0.231. The van der Waals surface area contributed by atoms with Gasteiger partial charge in [-0.3, -0.25) is 0 Å². The molecule has 20 heavy (non-hydrogen) atoms. The lowest BCUT2D eigenvalue weighted by atomic mass is 10.3. The number of hydrogen-bond acceptors (Lipinski definition) is 5. The van der Waals surface area contributed by atoms with Gasteiger partial charge in [0.05, 0.1) is 5.69 Å². The van der Waals surface area contributed by atoms with Crippen LogP contribution < -0.4 is 10.0 Å². The first-order valence-corrected chi connectivity index (χ1v) is 7.52. The van der Waals surface area contributed by atoms with E-state index >= 15 is 0 Å². The Bertz CT molecular complexity index is 709. The average Bonchev–Trinajstić information content (AvgIpc) is 2.36. The number of nitrogens with one attached hydrogen (secondary N) is 2. The van der Waals surface area contributed by atoms with Gasteiger partial charge in [0.25, 0.3) is 10.0 Å². The number of benzene rings is 1. The van der Waals surface area contributed by atoms with Crippen LogP contribution in [0.1, 0.15) is 11.4 Å². The summed E-state index contributed by atoms with van der Waals surface area (Å²) in [6.45, 7) is 3.57. The van der Waals surface area contributed by atoms with Crippen LogP contribution in [0, 0.1) is 13.8 Å². The molecule has 0 bridgehead atoms. The Labute approximate surface area is 118 Å². The molecule has 0 amide bonds. The third-order valence-corrected chi connectivity index (χ3v) is 4.04. The van der Waals surface area contributed by atoms with Crippen LogP contribution in [0.5, 0.6) is 0 Å². The zero-order valence-electron chi connectivity index (χ0n) is 11.5. The number of rotatable bonds is 4. The number of sulfonamides is 1. The monoisotopic (exact) mass is 292 g/mol. The van der Waals surface area contributed by atoms with Gasteiger partial charge < -0.3 is 5.32 Å². The van der Waals surface area contributed by atoms with Gasteiger partial charge in [-0.2, -0.15) is 0 Å². The van der Waals surface area contributed by atoms with Gasteiger partial charge in [0.1, 0.15) is 4.90 Å². The van der Waals surface area contributed by atoms with Crippen LogP contribution in [0.3, 0.4) is 0 Å². The summed E-state index contributed by atoms with van der Waals surface area (Å²) in [4.78, 5) is 8.31. The Morgan fingerprint density at radius 2 is 1.65 bits per heavy atom. The zero-order chi connectivity index (χ0) is 14.8. The lowest BCUT2D eigenvalue weighted by molar-refractivity contribution is 0.601. The average molecular weight is 292 g/mol. The molecular formula is C13H16N4O2S. The van der Waals surface area contributed by atoms with Crippen molar-refractivity contribution in [3.63, 3.8) is 0 Å². The lowest BCUT2D eigenvalue weighted by Crippen LogP contribution is -2.17. The van der Waals surface area contributed by atoms with Crippen LogP contribution in [-0.2, 0) is 10.0 Å². The van der Waals surface area contributed by atoms with E-state index in [0.29, 0.717) is 17.1 Å². The standard InChI is InChI=1S/C13H16N4O2S/c1-9-8-10(2)16-13(15-9)17-20(18,19)12-7-5-4-6-11(12)14-3/h4-8,14H,1-3H3,(H,15,16,17). The molecule has 2 rings (SSSR count). The van der Waals surface area contributed by atoms with E-state index in [9.17, 15) is 8.42 Å². The number of anilines is 2. The summed E-state index contributed by atoms with van der Waals surface area (Å²) < 4.78 is 27.1. The van der Waals surface area contributed by atoms with Crippen molar-refractivity contribution >= 4 is 21.7 Å². The van der Waals surface area contributed by atoms with E-state index in [1.807, 2.05) is 0 Å². The molecule has 1 aromatic heterocycles. The Balaban J connectivity index is 2.41. The number of para-hydroxylation sites is 1. The molecule has 0 aliphatic carbocycles. The number of aromatic nitrogens is 2. The molecule has 0 aliphatic heterocycles. The van der Waals surface area contributed by atoms with Crippen LogP contribution in [0.25, 0.3) is 0 Å². The molecule has 0 saturated heterocycles. The minimum absolute atomic E-state index is 0.0772. The SMILES string of the molecule is CNc1ccccc1S(=O)(=O)Nc1nc(C)cc(C)n1. The van der Waals surface area contributed by atoms with Crippen molar-refractivity contribution in [1.29, 1.82) is 0 Å². The molecule has 1 heterocycles. The van der Waals surface area contributed by atoms with E-state index in [1.165, 1.54) is 6.07 Å². The molecule has 1 aromatic carbocycles. The van der Waals surface area contributed by atoms with Gasteiger partial charge >= 0.3 is 0 Å². The van der Waals surface area contributed by atoms with Crippen molar-refractivity contribution in [3.8, 4) is 0 Å². The van der Waals surface area contributed by atoms with E-state index in [2.05, 4.69) is 20.0 Å². The second-order valence-corrected chi connectivity index (χ2v) is 5.98. The van der Waals surface area contributed by atoms with Crippen molar-refractivity contribution in [2.24, 2.45) is 0 Å². The molecule has 2 aromatic rings. The van der Waals surface area contributed by atoms with Gasteiger partial charge in [0.2, 0.25) is 5.95 Å². The maximum atomic E-state index is 12.4. The maximum absolute atomic E-state index is 12.4. The minimum Gasteiger partial charge on any atom is -0.387 e. The van der Waals surface area contributed by atoms with Crippen molar-refractivity contribution in [2.75, 3.05) is 17.1 Å². The summed E-state index contributed by atoms with van der Waals surface area (Å²) in [7, 11) is -2.06. The topological polar surface area (TPSA) is 84.0 Å². The van der Waals surface area contributed by atoms with Gasteiger partial charge in [-0.15, -0.1) is 0 Å². The van der Waals surface area contributed by atoms with Crippen LogP contribution in [0.15, 0.2) is 35.2 Å². The van der Waals surface area contributed by atoms with Crippen LogP contribution >= 0.6 is 0 Å². The molecule has 0 atom stereocenters. The highest BCUT2D eigenvalue weighted by Crippen LogP contribution is 2.22. The van der Waals surface area contributed by atoms with E-state index in [0.717, 1.165) is 0 Å². The predicted octanol–water partition coefficient (Wildman–Crippen LogP) is 1.94. The number of nitrogens with zero attached hydrogens (tertiary/aromatic N) is 2. The summed E-state index contributed by atoms with van der Waals surface area (Å²) in [6.07, 6.45) is 0. The predicted molar refractivity (Wildman–Crippen MR) is 78.3 cm³/mol. The van der Waals surface area contributed by atoms with E-state index in [1.54, 1.807) is 45.2 Å². The third-order valence-electron chi connectivity index (χ3n) is 2.65. The summed E-state index contributed by atoms with van der Waals surface area (Å²) in [6, 6.07) is 8.42. The molecule has 7 heteroatoms. The molecule has 0 radical (unpaired) electrons. The molecule has 0 saturated carbocycles. The van der Waals surface area contributed by atoms with E-state index in [-0.39, 0.29) is 10.8 Å². The molecule has 0 aliphatic rings. The maximum Gasteiger partial charge on any atom is 0.266 e. The van der Waals surface area contributed by atoms with Crippen molar-refractivity contribution in [3.05, 3.63) is 41.7 Å². The van der Waals surface area contributed by atoms with Gasteiger partial charge in [0, 0.05) is 18.4 Å². The second kappa shape index (κ2) is 5.46. The van der Waals surface area contributed by atoms with Gasteiger partial charge in [-0.1, -0.05) is 12.1 Å². The first kappa shape index (κ1) is 14.3. The number of hydrogen-bond donors (Lipinski definition) is 2. The largest absolute Gasteiger partial charge is 0.387 e. The second-order valence-electron chi connectivity index (χ2n) is 4.33. The van der Waals surface area contributed by atoms with Crippen molar-refractivity contribution in [2.45, 2.75) is 18.7 Å². The Morgan fingerprint density at radius 3 is 2.25 bits per heavy atom. The highest BCUT2D eigenvalue weighted by molar-refractivity contribution is 7.92.